The van der Waals surface area contributed by atoms with E-state index in [9.17, 15) is 19.2 Å². The third kappa shape index (κ3) is 5.24. The van der Waals surface area contributed by atoms with Gasteiger partial charge in [-0.1, -0.05) is 11.8 Å². The van der Waals surface area contributed by atoms with E-state index in [0.29, 0.717) is 18.0 Å². The van der Waals surface area contributed by atoms with E-state index in [1.165, 1.54) is 24.1 Å². The summed E-state index contributed by atoms with van der Waals surface area (Å²) >= 11 is 0. The highest BCUT2D eigenvalue weighted by atomic mass is 16.5. The van der Waals surface area contributed by atoms with Crippen molar-refractivity contribution in [1.29, 1.82) is 0 Å². The van der Waals surface area contributed by atoms with Crippen molar-refractivity contribution in [2.75, 3.05) is 26.7 Å². The Morgan fingerprint density at radius 3 is 2.73 bits per heavy atom. The van der Waals surface area contributed by atoms with Gasteiger partial charge in [-0.2, -0.15) is 0 Å². The molecule has 2 heterocycles. The van der Waals surface area contributed by atoms with E-state index in [-0.39, 0.29) is 36.5 Å². The number of likely N-dealkylation sites (N-methyl/N-ethyl adjacent to an activating group) is 1. The van der Waals surface area contributed by atoms with Crippen LogP contribution in [0.2, 0.25) is 0 Å². The van der Waals surface area contributed by atoms with Gasteiger partial charge < -0.3 is 15.0 Å². The Kier molecular flexibility index (Phi) is 7.20. The fourth-order valence-corrected chi connectivity index (χ4v) is 3.58. The maximum atomic E-state index is 12.8. The van der Waals surface area contributed by atoms with Gasteiger partial charge in [0.15, 0.2) is 6.29 Å². The number of benzene rings is 1. The minimum Gasteiger partial charge on any atom is -0.481 e. The van der Waals surface area contributed by atoms with E-state index in [1.54, 1.807) is 6.07 Å². The first-order valence-electron chi connectivity index (χ1n) is 10.0. The summed E-state index contributed by atoms with van der Waals surface area (Å²) in [5.41, 5.74) is 0.341. The maximum absolute atomic E-state index is 12.8. The number of piperidine rings is 2. The van der Waals surface area contributed by atoms with Gasteiger partial charge in [-0.05, 0) is 50.6 Å². The molecule has 3 rings (SSSR count). The van der Waals surface area contributed by atoms with Gasteiger partial charge in [0.2, 0.25) is 11.8 Å². The van der Waals surface area contributed by atoms with Crippen LogP contribution in [0, 0.1) is 17.8 Å². The van der Waals surface area contributed by atoms with Crippen LogP contribution in [0.15, 0.2) is 18.2 Å². The predicted octanol–water partition coefficient (Wildman–Crippen LogP) is 0.758. The quantitative estimate of drug-likeness (QED) is 0.421. The molecule has 2 aliphatic rings. The fraction of sp³-hybridized carbons (Fsp3) is 0.455. The monoisotopic (exact) mass is 411 g/mol. The van der Waals surface area contributed by atoms with Crippen LogP contribution in [0.25, 0.3) is 0 Å². The van der Waals surface area contributed by atoms with E-state index in [1.807, 2.05) is 0 Å². The molecule has 0 aromatic heterocycles. The van der Waals surface area contributed by atoms with Crippen LogP contribution in [0.5, 0.6) is 5.75 Å². The molecule has 8 nitrogen and oxygen atoms in total. The van der Waals surface area contributed by atoms with Gasteiger partial charge in [-0.15, -0.1) is 0 Å². The summed E-state index contributed by atoms with van der Waals surface area (Å²) in [4.78, 5) is 49.0. The van der Waals surface area contributed by atoms with Crippen molar-refractivity contribution < 1.29 is 23.9 Å². The van der Waals surface area contributed by atoms with Gasteiger partial charge in [-0.25, -0.2) is 0 Å². The molecule has 1 aromatic carbocycles. The Labute approximate surface area is 175 Å². The van der Waals surface area contributed by atoms with Crippen molar-refractivity contribution in [1.82, 2.24) is 15.5 Å². The van der Waals surface area contributed by atoms with Crippen molar-refractivity contribution in [2.45, 2.75) is 31.7 Å². The molecule has 0 aliphatic carbocycles. The molecule has 0 spiro atoms. The Morgan fingerprint density at radius 2 is 2.03 bits per heavy atom. The molecule has 0 bridgehead atoms. The minimum atomic E-state index is -0.754. The molecular weight excluding hydrogens is 386 g/mol. The first-order chi connectivity index (χ1) is 14.5. The standard InChI is InChI=1S/C22H25N3O5/c1-25(19-6-7-20(27)24-21(19)28)22(29)18-5-4-17(13-16(18)14-26)30-12-2-3-15-8-10-23-11-9-15/h4-5,13-15,19,23H,6-12H2,1H3,(H,24,27,28). The molecule has 1 unspecified atom stereocenters. The van der Waals surface area contributed by atoms with Crippen molar-refractivity contribution in [3.8, 4) is 17.6 Å². The van der Waals surface area contributed by atoms with Crippen LogP contribution in [0.4, 0.5) is 0 Å². The number of hydrogen-bond donors (Lipinski definition) is 2. The zero-order chi connectivity index (χ0) is 21.5. The van der Waals surface area contributed by atoms with Crippen LogP contribution in [0.3, 0.4) is 0 Å². The number of carbonyl (C=O) groups excluding carboxylic acids is 4. The van der Waals surface area contributed by atoms with Crippen LogP contribution >= 0.6 is 0 Å². The second-order valence-corrected chi connectivity index (χ2v) is 7.38. The lowest BCUT2D eigenvalue weighted by Crippen LogP contribution is -2.53. The third-order valence-electron chi connectivity index (χ3n) is 5.33. The smallest absolute Gasteiger partial charge is 0.255 e. The van der Waals surface area contributed by atoms with E-state index in [0.717, 1.165) is 25.9 Å². The van der Waals surface area contributed by atoms with Gasteiger partial charge in [-0.3, -0.25) is 24.5 Å². The second kappa shape index (κ2) is 10.0. The second-order valence-electron chi connectivity index (χ2n) is 7.38. The molecule has 0 saturated carbocycles. The van der Waals surface area contributed by atoms with E-state index >= 15 is 0 Å². The van der Waals surface area contributed by atoms with Crippen LogP contribution in [0.1, 0.15) is 46.4 Å². The maximum Gasteiger partial charge on any atom is 0.255 e. The fourth-order valence-electron chi connectivity index (χ4n) is 3.58. The number of imide groups is 1. The predicted molar refractivity (Wildman–Crippen MR) is 109 cm³/mol. The third-order valence-corrected chi connectivity index (χ3v) is 5.33. The molecule has 2 saturated heterocycles. The summed E-state index contributed by atoms with van der Waals surface area (Å²) in [7, 11) is 1.48. The summed E-state index contributed by atoms with van der Waals surface area (Å²) in [5.74, 6) is 5.70. The van der Waals surface area contributed by atoms with Gasteiger partial charge in [0.05, 0.1) is 5.56 Å². The number of amides is 3. The molecule has 1 atom stereocenters. The molecular formula is C22H25N3O5. The lowest BCUT2D eigenvalue weighted by Gasteiger charge is -2.30. The van der Waals surface area contributed by atoms with Crippen molar-refractivity contribution >= 4 is 24.0 Å². The Morgan fingerprint density at radius 1 is 1.27 bits per heavy atom. The number of nitrogens with one attached hydrogen (secondary N) is 2. The summed E-state index contributed by atoms with van der Waals surface area (Å²) < 4.78 is 5.61. The van der Waals surface area contributed by atoms with Crippen LogP contribution in [-0.4, -0.2) is 61.7 Å². The first kappa shape index (κ1) is 21.5. The number of ether oxygens (including phenoxy) is 1. The number of aldehydes is 1. The van der Waals surface area contributed by atoms with Crippen molar-refractivity contribution in [3.63, 3.8) is 0 Å². The minimum absolute atomic E-state index is 0.166. The lowest BCUT2D eigenvalue weighted by molar-refractivity contribution is -0.136. The molecule has 2 fully saturated rings. The summed E-state index contributed by atoms with van der Waals surface area (Å²) in [6, 6.07) is 3.84. The van der Waals surface area contributed by atoms with Gasteiger partial charge in [0.25, 0.3) is 5.91 Å². The summed E-state index contributed by atoms with van der Waals surface area (Å²) in [6.45, 7) is 2.16. The molecule has 1 aromatic rings. The van der Waals surface area contributed by atoms with Gasteiger partial charge in [0.1, 0.15) is 18.4 Å². The molecule has 3 amide bonds. The zero-order valence-corrected chi connectivity index (χ0v) is 16.9. The molecule has 2 N–H and O–H groups in total. The van der Waals surface area contributed by atoms with Gasteiger partial charge in [0, 0.05) is 24.9 Å². The Hall–Kier alpha value is -3.18. The highest BCUT2D eigenvalue weighted by molar-refractivity contribution is 6.06. The molecule has 8 heteroatoms. The number of hydrogen-bond acceptors (Lipinski definition) is 6. The number of carbonyl (C=O) groups is 4. The van der Waals surface area contributed by atoms with Crippen molar-refractivity contribution in [3.05, 3.63) is 29.3 Å². The average Bonchev–Trinajstić information content (AvgIpc) is 2.76. The summed E-state index contributed by atoms with van der Waals surface area (Å²) in [5, 5.41) is 5.52. The lowest BCUT2D eigenvalue weighted by atomic mass is 9.99. The topological polar surface area (TPSA) is 105 Å². The highest BCUT2D eigenvalue weighted by Crippen LogP contribution is 2.20. The largest absolute Gasteiger partial charge is 0.481 e. The molecule has 0 radical (unpaired) electrons. The van der Waals surface area contributed by atoms with Gasteiger partial charge >= 0.3 is 0 Å². The number of rotatable bonds is 5. The van der Waals surface area contributed by atoms with E-state index in [2.05, 4.69) is 22.5 Å². The Bertz CT molecular complexity index is 896. The average molecular weight is 411 g/mol. The molecule has 158 valence electrons. The molecule has 30 heavy (non-hydrogen) atoms. The number of nitrogens with zero attached hydrogens (tertiary/aromatic N) is 1. The van der Waals surface area contributed by atoms with Crippen LogP contribution in [-0.2, 0) is 9.59 Å². The highest BCUT2D eigenvalue weighted by Gasteiger charge is 2.33. The van der Waals surface area contributed by atoms with E-state index in [4.69, 9.17) is 4.74 Å². The Balaban J connectivity index is 1.64. The summed E-state index contributed by atoms with van der Waals surface area (Å²) in [6.07, 6.45) is 3.05. The van der Waals surface area contributed by atoms with Crippen molar-refractivity contribution in [2.24, 2.45) is 5.92 Å². The normalized spacial score (nSPS) is 19.3. The zero-order valence-electron chi connectivity index (χ0n) is 16.9. The molecule has 2 aliphatic heterocycles. The first-order valence-corrected chi connectivity index (χ1v) is 10.0. The van der Waals surface area contributed by atoms with E-state index < -0.39 is 17.9 Å². The van der Waals surface area contributed by atoms with Crippen LogP contribution < -0.4 is 15.4 Å². The SMILES string of the molecule is CN(C(=O)c1ccc(OCC#CC2CCNCC2)cc1C=O)C1CCC(=O)NC1=O.